The van der Waals surface area contributed by atoms with E-state index < -0.39 is 12.4 Å². The second-order valence-electron chi connectivity index (χ2n) is 3.82. The summed E-state index contributed by atoms with van der Waals surface area (Å²) in [4.78, 5) is 8.28. The molecule has 0 aliphatic rings. The van der Waals surface area contributed by atoms with Crippen LogP contribution in [-0.4, -0.2) is 22.7 Å². The van der Waals surface area contributed by atoms with E-state index in [9.17, 15) is 12.9 Å². The number of halogens is 3. The third-order valence-corrected chi connectivity index (χ3v) is 3.42. The zero-order valence-corrected chi connectivity index (χ0v) is 14.9. The Morgan fingerprint density at radius 2 is 1.61 bits per heavy atom. The predicted octanol–water partition coefficient (Wildman–Crippen LogP) is 0.441. The maximum atomic E-state index is 12.3. The summed E-state index contributed by atoms with van der Waals surface area (Å²) in [5, 5.41) is 0.367. The van der Waals surface area contributed by atoms with E-state index in [2.05, 4.69) is 16.5 Å². The molecule has 0 atom stereocenters. The van der Waals surface area contributed by atoms with Crippen LogP contribution in [0.25, 0.3) is 0 Å². The molecule has 1 aromatic rings. The Hall–Kier alpha value is 0.661. The summed E-state index contributed by atoms with van der Waals surface area (Å²) < 4.78 is 36.9. The molecule has 0 fully saturated rings. The normalized spacial score (nSPS) is 11.0. The number of hydrogen-bond acceptors (Lipinski definition) is 3. The fraction of sp³-hybridized carbons (Fsp3) is 0.400. The third-order valence-electron chi connectivity index (χ3n) is 2.46. The first-order valence-electron chi connectivity index (χ1n) is 5.04. The van der Waals surface area contributed by atoms with E-state index in [1.807, 2.05) is 20.8 Å². The molecule has 0 bridgehead atoms. The van der Waals surface area contributed by atoms with Gasteiger partial charge in [0.05, 0.1) is 0 Å². The molecular formula is C10H13BF3KN2S. The second kappa shape index (κ2) is 7.45. The van der Waals surface area contributed by atoms with E-state index in [1.54, 1.807) is 0 Å². The topological polar surface area (TPSA) is 25.8 Å². The van der Waals surface area contributed by atoms with Crippen LogP contribution in [0.3, 0.4) is 0 Å². The van der Waals surface area contributed by atoms with Crippen LogP contribution in [0.4, 0.5) is 12.9 Å². The SMILES string of the molecule is C=C(CSc1nc(C)c(C)c(C)n1)[B-](F)(F)F.[K+]. The number of nitrogens with zero attached hydrogens (tertiary/aromatic N) is 2. The molecule has 94 valence electrons. The number of aromatic nitrogens is 2. The third kappa shape index (κ3) is 5.34. The summed E-state index contributed by atoms with van der Waals surface area (Å²) in [6, 6.07) is 0. The van der Waals surface area contributed by atoms with Gasteiger partial charge in [-0.3, -0.25) is 0 Å². The van der Waals surface area contributed by atoms with Crippen molar-refractivity contribution in [3.05, 3.63) is 29.0 Å². The zero-order valence-electron chi connectivity index (χ0n) is 10.9. The van der Waals surface area contributed by atoms with Crippen molar-refractivity contribution in [3.8, 4) is 0 Å². The summed E-state index contributed by atoms with van der Waals surface area (Å²) in [6.45, 7) is 3.58. The average molecular weight is 300 g/mol. The van der Waals surface area contributed by atoms with E-state index in [-0.39, 0.29) is 57.1 Å². The smallest absolute Gasteiger partial charge is 0.445 e. The zero-order chi connectivity index (χ0) is 13.2. The van der Waals surface area contributed by atoms with E-state index >= 15 is 0 Å². The first kappa shape index (κ1) is 18.7. The Bertz CT molecular complexity index is 428. The Balaban J connectivity index is 0.00000289. The molecule has 0 spiro atoms. The van der Waals surface area contributed by atoms with Crippen LogP contribution >= 0.6 is 11.8 Å². The van der Waals surface area contributed by atoms with Gasteiger partial charge in [0, 0.05) is 11.4 Å². The van der Waals surface area contributed by atoms with Crippen molar-refractivity contribution in [2.24, 2.45) is 0 Å². The molecule has 0 saturated heterocycles. The molecule has 0 radical (unpaired) electrons. The van der Waals surface area contributed by atoms with Crippen molar-refractivity contribution in [2.75, 3.05) is 5.75 Å². The van der Waals surface area contributed by atoms with E-state index in [0.717, 1.165) is 28.7 Å². The van der Waals surface area contributed by atoms with Gasteiger partial charge in [-0.15, -0.1) is 12.1 Å². The molecule has 1 rings (SSSR count). The van der Waals surface area contributed by atoms with Gasteiger partial charge < -0.3 is 12.9 Å². The molecule has 8 heteroatoms. The van der Waals surface area contributed by atoms with Crippen LogP contribution < -0.4 is 51.4 Å². The van der Waals surface area contributed by atoms with E-state index in [4.69, 9.17) is 0 Å². The first-order valence-corrected chi connectivity index (χ1v) is 6.02. The van der Waals surface area contributed by atoms with Gasteiger partial charge in [-0.1, -0.05) is 11.8 Å². The van der Waals surface area contributed by atoms with Crippen LogP contribution in [0.1, 0.15) is 17.0 Å². The molecular weight excluding hydrogens is 287 g/mol. The minimum Gasteiger partial charge on any atom is -0.445 e. The molecule has 1 heterocycles. The molecule has 0 aromatic carbocycles. The summed E-state index contributed by atoms with van der Waals surface area (Å²) in [6.07, 6.45) is 0. The summed E-state index contributed by atoms with van der Waals surface area (Å²) >= 11 is 0.966. The van der Waals surface area contributed by atoms with Gasteiger partial charge in [-0.25, -0.2) is 9.97 Å². The van der Waals surface area contributed by atoms with Crippen LogP contribution in [-0.2, 0) is 0 Å². The fourth-order valence-electron chi connectivity index (χ4n) is 1.06. The van der Waals surface area contributed by atoms with Gasteiger partial charge in [0.1, 0.15) is 0 Å². The summed E-state index contributed by atoms with van der Waals surface area (Å²) in [7, 11) is 0. The number of aryl methyl sites for hydroxylation is 2. The van der Waals surface area contributed by atoms with Gasteiger partial charge in [0.25, 0.3) is 0 Å². The van der Waals surface area contributed by atoms with Crippen molar-refractivity contribution < 1.29 is 64.3 Å². The number of rotatable bonds is 4. The van der Waals surface area contributed by atoms with Crippen LogP contribution in [0, 0.1) is 20.8 Å². The molecule has 1 aromatic heterocycles. The molecule has 18 heavy (non-hydrogen) atoms. The Morgan fingerprint density at radius 3 is 2.00 bits per heavy atom. The maximum absolute atomic E-state index is 12.3. The van der Waals surface area contributed by atoms with Crippen LogP contribution in [0.15, 0.2) is 17.2 Å². The molecule has 0 saturated carbocycles. The van der Waals surface area contributed by atoms with Gasteiger partial charge in [-0.2, -0.15) is 0 Å². The predicted molar refractivity (Wildman–Crippen MR) is 65.2 cm³/mol. The minimum atomic E-state index is -4.97. The van der Waals surface area contributed by atoms with Crippen LogP contribution in [0.2, 0.25) is 0 Å². The molecule has 0 N–H and O–H groups in total. The first-order chi connectivity index (χ1) is 7.71. The number of thioether (sulfide) groups is 1. The van der Waals surface area contributed by atoms with Gasteiger partial charge in [0.15, 0.2) is 5.16 Å². The van der Waals surface area contributed by atoms with Crippen molar-refractivity contribution in [3.63, 3.8) is 0 Å². The molecule has 0 aliphatic carbocycles. The average Bonchev–Trinajstić information content (AvgIpc) is 2.20. The minimum absolute atomic E-state index is 0. The summed E-state index contributed by atoms with van der Waals surface area (Å²) in [5.74, 6) is -0.217. The maximum Gasteiger partial charge on any atom is 1.00 e. The van der Waals surface area contributed by atoms with Crippen molar-refractivity contribution in [1.29, 1.82) is 0 Å². The largest absolute Gasteiger partial charge is 1.00 e. The summed E-state index contributed by atoms with van der Waals surface area (Å²) in [5.41, 5.74) is 1.84. The van der Waals surface area contributed by atoms with Crippen molar-refractivity contribution >= 4 is 18.7 Å². The van der Waals surface area contributed by atoms with Crippen LogP contribution in [0.5, 0.6) is 0 Å². The van der Waals surface area contributed by atoms with E-state index in [0.29, 0.717) is 5.16 Å². The van der Waals surface area contributed by atoms with Gasteiger partial charge in [-0.05, 0) is 32.1 Å². The number of hydrogen-bond donors (Lipinski definition) is 0. The molecule has 0 aliphatic heterocycles. The van der Waals surface area contributed by atoms with Crippen molar-refractivity contribution in [2.45, 2.75) is 25.9 Å². The molecule has 2 nitrogen and oxygen atoms in total. The Morgan fingerprint density at radius 1 is 1.17 bits per heavy atom. The monoisotopic (exact) mass is 300 g/mol. The molecule has 0 amide bonds. The van der Waals surface area contributed by atoms with Crippen molar-refractivity contribution in [1.82, 2.24) is 9.97 Å². The van der Waals surface area contributed by atoms with Gasteiger partial charge >= 0.3 is 58.4 Å². The van der Waals surface area contributed by atoms with E-state index in [1.165, 1.54) is 0 Å². The molecule has 0 unspecified atom stereocenters. The Labute approximate surface area is 152 Å². The standard InChI is InChI=1S/C10H13BF3N2S.K/c1-6(11(12,13)14)5-17-10-15-8(3)7(2)9(4)16-10;/h1,5H2,2-4H3;/q-1;+1. The Kier molecular flexibility index (Phi) is 7.72. The second-order valence-corrected chi connectivity index (χ2v) is 4.77. The van der Waals surface area contributed by atoms with Gasteiger partial charge in [0.2, 0.25) is 0 Å². The quantitative estimate of drug-likeness (QED) is 0.458. The fourth-order valence-corrected chi connectivity index (χ4v) is 1.96.